The zero-order chi connectivity index (χ0) is 17.4. The Hall–Kier alpha value is -1.13. The van der Waals surface area contributed by atoms with Crippen LogP contribution in [0.25, 0.3) is 0 Å². The molecule has 142 valence electrons. The molecule has 0 amide bonds. The lowest BCUT2D eigenvalue weighted by Crippen LogP contribution is -2.56. The number of ether oxygens (including phenoxy) is 2. The summed E-state index contributed by atoms with van der Waals surface area (Å²) in [5.41, 5.74) is 1.03. The topological polar surface area (TPSA) is 71.0 Å². The van der Waals surface area contributed by atoms with E-state index in [2.05, 4.69) is 39.4 Å². The number of aromatic nitrogens is 1. The average Bonchev–Trinajstić information content (AvgIpc) is 2.63. The fourth-order valence-electron chi connectivity index (χ4n) is 2.72. The molecule has 2 rings (SSSR count). The number of halogens is 1. The van der Waals surface area contributed by atoms with Crippen molar-refractivity contribution in [3.8, 4) is 5.88 Å². The quantitative estimate of drug-likeness (QED) is 0.379. The van der Waals surface area contributed by atoms with Gasteiger partial charge in [-0.1, -0.05) is 6.07 Å². The van der Waals surface area contributed by atoms with Crippen molar-refractivity contribution in [1.29, 1.82) is 0 Å². The summed E-state index contributed by atoms with van der Waals surface area (Å²) in [7, 11) is 3.40. The van der Waals surface area contributed by atoms with Crippen LogP contribution in [-0.2, 0) is 11.3 Å². The van der Waals surface area contributed by atoms with Crippen molar-refractivity contribution in [1.82, 2.24) is 20.5 Å². The highest BCUT2D eigenvalue weighted by atomic mass is 127. The molecule has 1 aromatic rings. The summed E-state index contributed by atoms with van der Waals surface area (Å²) >= 11 is 0. The zero-order valence-corrected chi connectivity index (χ0v) is 17.9. The molecule has 0 aromatic carbocycles. The van der Waals surface area contributed by atoms with Crippen LogP contribution in [0, 0.1) is 0 Å². The van der Waals surface area contributed by atoms with Crippen LogP contribution in [0.5, 0.6) is 5.88 Å². The molecule has 1 aliphatic heterocycles. The third-order valence-electron chi connectivity index (χ3n) is 4.27. The Labute approximate surface area is 167 Å². The summed E-state index contributed by atoms with van der Waals surface area (Å²) < 4.78 is 10.7. The van der Waals surface area contributed by atoms with Crippen molar-refractivity contribution < 1.29 is 9.47 Å². The monoisotopic (exact) mass is 463 g/mol. The zero-order valence-electron chi connectivity index (χ0n) is 15.5. The van der Waals surface area contributed by atoms with E-state index in [0.717, 1.165) is 44.4 Å². The molecule has 7 nitrogen and oxygen atoms in total. The standard InChI is InChI=1S/C17H29N5O2.HI/c1-17(2,22-8-10-24-11-9-22)13-21-16(18-3)20-12-14-6-5-7-19-15(14)23-4;/h5-7H,8-13H2,1-4H3,(H2,18,20,21);1H. The first-order chi connectivity index (χ1) is 11.6. The largest absolute Gasteiger partial charge is 0.481 e. The molecule has 8 heteroatoms. The summed E-state index contributed by atoms with van der Waals surface area (Å²) in [5, 5.41) is 6.72. The third kappa shape index (κ3) is 6.59. The second kappa shape index (κ2) is 10.8. The Kier molecular flexibility index (Phi) is 9.44. The lowest BCUT2D eigenvalue weighted by atomic mass is 10.0. The molecular formula is C17H30IN5O2. The van der Waals surface area contributed by atoms with Crippen molar-refractivity contribution in [2.75, 3.05) is 47.0 Å². The molecule has 0 spiro atoms. The maximum Gasteiger partial charge on any atom is 0.218 e. The molecule has 0 aliphatic carbocycles. The van der Waals surface area contributed by atoms with Crippen LogP contribution >= 0.6 is 24.0 Å². The molecule has 1 saturated heterocycles. The lowest BCUT2D eigenvalue weighted by Gasteiger charge is -2.41. The van der Waals surface area contributed by atoms with Crippen molar-refractivity contribution in [2.45, 2.75) is 25.9 Å². The first-order valence-electron chi connectivity index (χ1n) is 8.32. The number of morpholine rings is 1. The van der Waals surface area contributed by atoms with Crippen molar-refractivity contribution in [3.63, 3.8) is 0 Å². The number of hydrogen-bond acceptors (Lipinski definition) is 5. The van der Waals surface area contributed by atoms with Gasteiger partial charge in [0.1, 0.15) is 0 Å². The molecule has 1 aliphatic rings. The van der Waals surface area contributed by atoms with Gasteiger partial charge in [-0.25, -0.2) is 4.98 Å². The van der Waals surface area contributed by atoms with Gasteiger partial charge in [0.2, 0.25) is 5.88 Å². The second-order valence-corrected chi connectivity index (χ2v) is 6.36. The second-order valence-electron chi connectivity index (χ2n) is 6.36. The number of methoxy groups -OCH3 is 1. The summed E-state index contributed by atoms with van der Waals surface area (Å²) in [6.07, 6.45) is 1.72. The Bertz CT molecular complexity index is 548. The highest BCUT2D eigenvalue weighted by Gasteiger charge is 2.28. The van der Waals surface area contributed by atoms with Crippen LogP contribution < -0.4 is 15.4 Å². The van der Waals surface area contributed by atoms with Gasteiger partial charge in [0.15, 0.2) is 5.96 Å². The first-order valence-corrected chi connectivity index (χ1v) is 8.32. The van der Waals surface area contributed by atoms with E-state index in [4.69, 9.17) is 9.47 Å². The van der Waals surface area contributed by atoms with Gasteiger partial charge in [-0.05, 0) is 19.9 Å². The van der Waals surface area contributed by atoms with Gasteiger partial charge in [0, 0.05) is 50.5 Å². The van der Waals surface area contributed by atoms with Crippen LogP contribution in [0.4, 0.5) is 0 Å². The maximum absolute atomic E-state index is 5.44. The number of aliphatic imine (C=N–C) groups is 1. The lowest BCUT2D eigenvalue weighted by molar-refractivity contribution is -0.00834. The molecule has 0 unspecified atom stereocenters. The fraction of sp³-hybridized carbons (Fsp3) is 0.647. The smallest absolute Gasteiger partial charge is 0.218 e. The van der Waals surface area contributed by atoms with Gasteiger partial charge in [0.25, 0.3) is 0 Å². The van der Waals surface area contributed by atoms with E-state index in [1.165, 1.54) is 0 Å². The van der Waals surface area contributed by atoms with Gasteiger partial charge >= 0.3 is 0 Å². The Morgan fingerprint density at radius 2 is 2.08 bits per heavy atom. The predicted molar refractivity (Wildman–Crippen MR) is 111 cm³/mol. The molecule has 2 heterocycles. The fourth-order valence-corrected chi connectivity index (χ4v) is 2.72. The SMILES string of the molecule is CN=C(NCc1cccnc1OC)NCC(C)(C)N1CCOCC1.I. The molecule has 2 N–H and O–H groups in total. The summed E-state index contributed by atoms with van der Waals surface area (Å²) in [6, 6.07) is 3.89. The number of pyridine rings is 1. The average molecular weight is 463 g/mol. The van der Waals surface area contributed by atoms with Gasteiger partial charge in [0.05, 0.1) is 20.3 Å². The summed E-state index contributed by atoms with van der Waals surface area (Å²) in [6.45, 7) is 9.42. The molecular weight excluding hydrogens is 433 g/mol. The van der Waals surface area contributed by atoms with Gasteiger partial charge in [-0.2, -0.15) is 0 Å². The van der Waals surface area contributed by atoms with Crippen LogP contribution in [0.2, 0.25) is 0 Å². The van der Waals surface area contributed by atoms with E-state index in [0.29, 0.717) is 12.4 Å². The van der Waals surface area contributed by atoms with E-state index in [1.54, 1.807) is 20.4 Å². The number of nitrogens with zero attached hydrogens (tertiary/aromatic N) is 3. The molecule has 0 radical (unpaired) electrons. The first kappa shape index (κ1) is 21.9. The predicted octanol–water partition coefficient (Wildman–Crippen LogP) is 1.48. The highest BCUT2D eigenvalue weighted by Crippen LogP contribution is 2.15. The minimum atomic E-state index is 0. The minimum Gasteiger partial charge on any atom is -0.481 e. The molecule has 1 fully saturated rings. The van der Waals surface area contributed by atoms with Crippen LogP contribution in [0.3, 0.4) is 0 Å². The van der Waals surface area contributed by atoms with E-state index in [-0.39, 0.29) is 29.5 Å². The highest BCUT2D eigenvalue weighted by molar-refractivity contribution is 14.0. The van der Waals surface area contributed by atoms with Crippen LogP contribution in [0.1, 0.15) is 19.4 Å². The molecule has 0 atom stereocenters. The number of nitrogens with one attached hydrogen (secondary N) is 2. The Morgan fingerprint density at radius 3 is 2.72 bits per heavy atom. The van der Waals surface area contributed by atoms with E-state index in [9.17, 15) is 0 Å². The molecule has 0 saturated carbocycles. The van der Waals surface area contributed by atoms with E-state index in [1.807, 2.05) is 12.1 Å². The van der Waals surface area contributed by atoms with Gasteiger partial charge in [-0.15, -0.1) is 24.0 Å². The van der Waals surface area contributed by atoms with Gasteiger partial charge in [-0.3, -0.25) is 9.89 Å². The summed E-state index contributed by atoms with van der Waals surface area (Å²) in [4.78, 5) is 10.9. The third-order valence-corrected chi connectivity index (χ3v) is 4.27. The van der Waals surface area contributed by atoms with E-state index < -0.39 is 0 Å². The van der Waals surface area contributed by atoms with Gasteiger partial charge < -0.3 is 20.1 Å². The Morgan fingerprint density at radius 1 is 1.36 bits per heavy atom. The minimum absolute atomic E-state index is 0. The molecule has 25 heavy (non-hydrogen) atoms. The van der Waals surface area contributed by atoms with Crippen molar-refractivity contribution in [2.24, 2.45) is 4.99 Å². The summed E-state index contributed by atoms with van der Waals surface area (Å²) in [5.74, 6) is 1.40. The van der Waals surface area contributed by atoms with Crippen LogP contribution in [-0.4, -0.2) is 68.4 Å². The Balaban J connectivity index is 0.00000312. The number of hydrogen-bond donors (Lipinski definition) is 2. The van der Waals surface area contributed by atoms with Crippen molar-refractivity contribution >= 4 is 29.9 Å². The molecule has 1 aromatic heterocycles. The maximum atomic E-state index is 5.44. The van der Waals surface area contributed by atoms with Crippen molar-refractivity contribution in [3.05, 3.63) is 23.9 Å². The number of guanidine groups is 1. The molecule has 0 bridgehead atoms. The van der Waals surface area contributed by atoms with E-state index >= 15 is 0 Å². The number of rotatable bonds is 6. The normalized spacial score (nSPS) is 16.1. The van der Waals surface area contributed by atoms with Crippen LogP contribution in [0.15, 0.2) is 23.3 Å².